The molecule has 5 heteroatoms. The summed E-state index contributed by atoms with van der Waals surface area (Å²) in [5.41, 5.74) is 8.95. The van der Waals surface area contributed by atoms with E-state index < -0.39 is 0 Å². The normalized spacial score (nSPS) is 10.5. The van der Waals surface area contributed by atoms with Crippen molar-refractivity contribution in [1.82, 2.24) is 4.90 Å². The lowest BCUT2D eigenvalue weighted by atomic mass is 10.1. The van der Waals surface area contributed by atoms with E-state index in [0.29, 0.717) is 22.8 Å². The second-order valence-corrected chi connectivity index (χ2v) is 6.26. The minimum Gasteiger partial charge on any atom is -0.399 e. The van der Waals surface area contributed by atoms with Crippen LogP contribution in [0, 0.1) is 6.92 Å². The second-order valence-electron chi connectivity index (χ2n) is 5.00. The quantitative estimate of drug-likeness (QED) is 0.824. The molecule has 0 fully saturated rings. The van der Waals surface area contributed by atoms with Crippen LogP contribution in [0.15, 0.2) is 40.9 Å². The number of nitrogens with two attached hydrogens (primary N) is 1. The molecule has 0 atom stereocenters. The van der Waals surface area contributed by atoms with Crippen LogP contribution in [0.2, 0.25) is 5.02 Å². The topological polar surface area (TPSA) is 46.3 Å². The average Bonchev–Trinajstić information content (AvgIpc) is 2.42. The Morgan fingerprint density at radius 2 is 2.00 bits per heavy atom. The molecular weight excluding hydrogens is 352 g/mol. The number of carbonyl (C=O) groups excluding carboxylic acids is 1. The number of nitrogen functional groups attached to an aromatic ring is 1. The Kier molecular flexibility index (Phi) is 4.91. The van der Waals surface area contributed by atoms with Gasteiger partial charge in [0.05, 0.1) is 5.56 Å². The van der Waals surface area contributed by atoms with Gasteiger partial charge in [0, 0.05) is 28.8 Å². The highest BCUT2D eigenvalue weighted by Crippen LogP contribution is 2.23. The fourth-order valence-corrected chi connectivity index (χ4v) is 2.88. The molecule has 0 aliphatic carbocycles. The van der Waals surface area contributed by atoms with Crippen molar-refractivity contribution < 1.29 is 4.79 Å². The lowest BCUT2D eigenvalue weighted by molar-refractivity contribution is 0.0784. The van der Waals surface area contributed by atoms with Gasteiger partial charge in [-0.3, -0.25) is 4.79 Å². The Balaban J connectivity index is 2.21. The van der Waals surface area contributed by atoms with Crippen molar-refractivity contribution in [2.45, 2.75) is 13.5 Å². The third-order valence-corrected chi connectivity index (χ3v) is 4.20. The molecule has 0 aliphatic heterocycles. The highest BCUT2D eigenvalue weighted by molar-refractivity contribution is 9.10. The van der Waals surface area contributed by atoms with Gasteiger partial charge in [0.1, 0.15) is 0 Å². The highest BCUT2D eigenvalue weighted by Gasteiger charge is 2.16. The molecule has 0 aliphatic rings. The van der Waals surface area contributed by atoms with Crippen LogP contribution in [0.3, 0.4) is 0 Å². The van der Waals surface area contributed by atoms with Gasteiger partial charge in [-0.1, -0.05) is 17.7 Å². The summed E-state index contributed by atoms with van der Waals surface area (Å²) in [5, 5.41) is 0.604. The van der Waals surface area contributed by atoms with E-state index in [4.69, 9.17) is 17.3 Å². The van der Waals surface area contributed by atoms with Crippen LogP contribution in [-0.2, 0) is 6.54 Å². The zero-order chi connectivity index (χ0) is 15.6. The molecule has 2 aromatic carbocycles. The number of amides is 1. The molecule has 0 heterocycles. The van der Waals surface area contributed by atoms with Crippen LogP contribution >= 0.6 is 27.5 Å². The monoisotopic (exact) mass is 366 g/mol. The molecule has 0 radical (unpaired) electrons. The zero-order valence-electron chi connectivity index (χ0n) is 11.9. The molecule has 1 amide bonds. The van der Waals surface area contributed by atoms with Crippen molar-refractivity contribution in [2.75, 3.05) is 12.8 Å². The number of nitrogens with zero attached hydrogens (tertiary/aromatic N) is 1. The third-order valence-electron chi connectivity index (χ3n) is 3.18. The summed E-state index contributed by atoms with van der Waals surface area (Å²) < 4.78 is 0.790. The van der Waals surface area contributed by atoms with Gasteiger partial charge in [0.15, 0.2) is 0 Å². The number of rotatable bonds is 3. The summed E-state index contributed by atoms with van der Waals surface area (Å²) in [5.74, 6) is -0.0691. The minimum absolute atomic E-state index is 0.0691. The first kappa shape index (κ1) is 15.9. The Hall–Kier alpha value is -1.52. The Morgan fingerprint density at radius 1 is 1.29 bits per heavy atom. The smallest absolute Gasteiger partial charge is 0.255 e. The van der Waals surface area contributed by atoms with Crippen LogP contribution in [-0.4, -0.2) is 17.9 Å². The number of hydrogen-bond acceptors (Lipinski definition) is 2. The predicted molar refractivity (Wildman–Crippen MR) is 90.5 cm³/mol. The van der Waals surface area contributed by atoms with Crippen molar-refractivity contribution >= 4 is 39.1 Å². The number of carbonyl (C=O) groups is 1. The fourth-order valence-electron chi connectivity index (χ4n) is 2.04. The standard InChI is InChI=1S/C16H16BrClN2O/c1-10-3-5-13(14(17)7-10)16(21)20(2)9-11-8-12(19)4-6-15(11)18/h3-8H,9,19H2,1-2H3. The first-order chi connectivity index (χ1) is 9.88. The predicted octanol–water partition coefficient (Wildman–Crippen LogP) is 4.27. The maximum atomic E-state index is 12.5. The van der Waals surface area contributed by atoms with Crippen molar-refractivity contribution in [3.63, 3.8) is 0 Å². The Labute approximate surface area is 137 Å². The number of hydrogen-bond donors (Lipinski definition) is 1. The van der Waals surface area contributed by atoms with Crippen molar-refractivity contribution in [2.24, 2.45) is 0 Å². The van der Waals surface area contributed by atoms with Gasteiger partial charge in [0.2, 0.25) is 0 Å². The van der Waals surface area contributed by atoms with Gasteiger partial charge in [-0.05, 0) is 64.3 Å². The summed E-state index contributed by atoms with van der Waals surface area (Å²) in [4.78, 5) is 14.1. The van der Waals surface area contributed by atoms with E-state index in [9.17, 15) is 4.79 Å². The van der Waals surface area contributed by atoms with Crippen molar-refractivity contribution in [3.8, 4) is 0 Å². The number of aryl methyl sites for hydroxylation is 1. The maximum Gasteiger partial charge on any atom is 0.255 e. The molecule has 0 unspecified atom stereocenters. The molecule has 0 saturated carbocycles. The summed E-state index contributed by atoms with van der Waals surface area (Å²) in [6, 6.07) is 10.9. The molecule has 2 rings (SSSR count). The molecule has 0 spiro atoms. The van der Waals surface area contributed by atoms with E-state index in [0.717, 1.165) is 15.6 Å². The minimum atomic E-state index is -0.0691. The Bertz CT molecular complexity index is 688. The SMILES string of the molecule is Cc1ccc(C(=O)N(C)Cc2cc(N)ccc2Cl)c(Br)c1. The van der Waals surface area contributed by atoms with E-state index in [-0.39, 0.29) is 5.91 Å². The fraction of sp³-hybridized carbons (Fsp3) is 0.188. The summed E-state index contributed by atoms with van der Waals surface area (Å²) in [7, 11) is 1.74. The molecular formula is C16H16BrClN2O. The molecule has 2 N–H and O–H groups in total. The molecule has 3 nitrogen and oxygen atoms in total. The summed E-state index contributed by atoms with van der Waals surface area (Å²) >= 11 is 9.57. The van der Waals surface area contributed by atoms with Crippen LogP contribution in [0.4, 0.5) is 5.69 Å². The largest absolute Gasteiger partial charge is 0.399 e. The summed E-state index contributed by atoms with van der Waals surface area (Å²) in [6.45, 7) is 2.39. The van der Waals surface area contributed by atoms with E-state index in [2.05, 4.69) is 15.9 Å². The van der Waals surface area contributed by atoms with E-state index in [1.54, 1.807) is 30.1 Å². The van der Waals surface area contributed by atoms with Crippen molar-refractivity contribution in [1.29, 1.82) is 0 Å². The van der Waals surface area contributed by atoms with Crippen molar-refractivity contribution in [3.05, 3.63) is 62.6 Å². The summed E-state index contributed by atoms with van der Waals surface area (Å²) in [6.07, 6.45) is 0. The van der Waals surface area contributed by atoms with Crippen LogP contribution in [0.1, 0.15) is 21.5 Å². The molecule has 2 aromatic rings. The zero-order valence-corrected chi connectivity index (χ0v) is 14.2. The van der Waals surface area contributed by atoms with Crippen LogP contribution < -0.4 is 5.73 Å². The van der Waals surface area contributed by atoms with Gasteiger partial charge in [-0.25, -0.2) is 0 Å². The second kappa shape index (κ2) is 6.50. The molecule has 0 bridgehead atoms. The van der Waals surface area contributed by atoms with Crippen LogP contribution in [0.5, 0.6) is 0 Å². The van der Waals surface area contributed by atoms with Gasteiger partial charge >= 0.3 is 0 Å². The van der Waals surface area contributed by atoms with Gasteiger partial charge in [-0.15, -0.1) is 0 Å². The van der Waals surface area contributed by atoms with Gasteiger partial charge < -0.3 is 10.6 Å². The van der Waals surface area contributed by atoms with Gasteiger partial charge in [-0.2, -0.15) is 0 Å². The highest BCUT2D eigenvalue weighted by atomic mass is 79.9. The number of anilines is 1. The average molecular weight is 368 g/mol. The van der Waals surface area contributed by atoms with E-state index in [1.165, 1.54) is 0 Å². The lowest BCUT2D eigenvalue weighted by Gasteiger charge is -2.19. The molecule has 0 aromatic heterocycles. The molecule has 0 saturated heterocycles. The third kappa shape index (κ3) is 3.77. The lowest BCUT2D eigenvalue weighted by Crippen LogP contribution is -2.26. The van der Waals surface area contributed by atoms with E-state index >= 15 is 0 Å². The first-order valence-electron chi connectivity index (χ1n) is 6.44. The Morgan fingerprint density at radius 3 is 2.67 bits per heavy atom. The number of benzene rings is 2. The maximum absolute atomic E-state index is 12.5. The number of halogens is 2. The molecule has 21 heavy (non-hydrogen) atoms. The first-order valence-corrected chi connectivity index (χ1v) is 7.61. The van der Waals surface area contributed by atoms with E-state index in [1.807, 2.05) is 25.1 Å². The van der Waals surface area contributed by atoms with Gasteiger partial charge in [0.25, 0.3) is 5.91 Å². The van der Waals surface area contributed by atoms with Crippen LogP contribution in [0.25, 0.3) is 0 Å². The molecule has 110 valence electrons.